The standard InChI is InChI=1S/C26H24FN3O/c27-22-12-6-4-11-21(22)25-24-20(19-10-5-7-13-23(19)29-24)15-17-30(25)26(31)28-16-14-18-8-2-1-3-9-18/h1-13,25,29H,14-17H2,(H,28,31)/t25-/m1/s1. The van der Waals surface area contributed by atoms with Gasteiger partial charge in [-0.1, -0.05) is 66.7 Å². The first-order chi connectivity index (χ1) is 15.2. The summed E-state index contributed by atoms with van der Waals surface area (Å²) in [4.78, 5) is 18.4. The van der Waals surface area contributed by atoms with Crippen molar-refractivity contribution in [2.75, 3.05) is 13.1 Å². The number of hydrogen-bond donors (Lipinski definition) is 2. The molecule has 1 aliphatic rings. The highest BCUT2D eigenvalue weighted by molar-refractivity contribution is 5.86. The molecule has 31 heavy (non-hydrogen) atoms. The first-order valence-corrected chi connectivity index (χ1v) is 10.6. The molecule has 0 saturated carbocycles. The minimum Gasteiger partial charge on any atom is -0.356 e. The summed E-state index contributed by atoms with van der Waals surface area (Å²) in [6, 6.07) is 24.2. The van der Waals surface area contributed by atoms with E-state index in [9.17, 15) is 9.18 Å². The molecule has 0 saturated heterocycles. The maximum atomic E-state index is 14.9. The molecular formula is C26H24FN3O. The fraction of sp³-hybridized carbons (Fsp3) is 0.192. The van der Waals surface area contributed by atoms with Crippen molar-refractivity contribution in [3.8, 4) is 0 Å². The van der Waals surface area contributed by atoms with Gasteiger partial charge in [-0.2, -0.15) is 0 Å². The summed E-state index contributed by atoms with van der Waals surface area (Å²) >= 11 is 0. The quantitative estimate of drug-likeness (QED) is 0.474. The maximum absolute atomic E-state index is 14.9. The van der Waals surface area contributed by atoms with E-state index in [0.717, 1.165) is 35.0 Å². The Morgan fingerprint density at radius 3 is 2.58 bits per heavy atom. The van der Waals surface area contributed by atoms with E-state index >= 15 is 0 Å². The Morgan fingerprint density at radius 2 is 1.74 bits per heavy atom. The van der Waals surface area contributed by atoms with Crippen molar-refractivity contribution in [3.63, 3.8) is 0 Å². The van der Waals surface area contributed by atoms with Crippen LogP contribution in [-0.4, -0.2) is 29.0 Å². The Bertz CT molecular complexity index is 1220. The molecule has 0 fully saturated rings. The fourth-order valence-electron chi connectivity index (χ4n) is 4.54. The average Bonchev–Trinajstić information content (AvgIpc) is 3.18. The van der Waals surface area contributed by atoms with Crippen LogP contribution in [0.5, 0.6) is 0 Å². The third kappa shape index (κ3) is 3.67. The van der Waals surface area contributed by atoms with Gasteiger partial charge in [-0.25, -0.2) is 9.18 Å². The second kappa shape index (κ2) is 8.26. The lowest BCUT2D eigenvalue weighted by Crippen LogP contribution is -2.46. The van der Waals surface area contributed by atoms with Crippen molar-refractivity contribution in [2.45, 2.75) is 18.9 Å². The molecule has 5 heteroatoms. The molecule has 3 aromatic carbocycles. The van der Waals surface area contributed by atoms with E-state index in [4.69, 9.17) is 0 Å². The Morgan fingerprint density at radius 1 is 1.00 bits per heavy atom. The molecule has 0 unspecified atom stereocenters. The predicted molar refractivity (Wildman–Crippen MR) is 120 cm³/mol. The Hall–Kier alpha value is -3.60. The number of fused-ring (bicyclic) bond motifs is 3. The number of H-pyrrole nitrogens is 1. The van der Waals surface area contributed by atoms with Crippen LogP contribution in [0.25, 0.3) is 10.9 Å². The summed E-state index contributed by atoms with van der Waals surface area (Å²) < 4.78 is 14.9. The number of nitrogens with zero attached hydrogens (tertiary/aromatic N) is 1. The molecule has 5 rings (SSSR count). The van der Waals surface area contributed by atoms with E-state index in [1.807, 2.05) is 54.6 Å². The third-order valence-corrected chi connectivity index (χ3v) is 6.03. The average molecular weight is 413 g/mol. The Labute approximate surface area is 180 Å². The highest BCUT2D eigenvalue weighted by atomic mass is 19.1. The van der Waals surface area contributed by atoms with Crippen LogP contribution in [0.2, 0.25) is 0 Å². The van der Waals surface area contributed by atoms with Crippen LogP contribution in [0.15, 0.2) is 78.9 Å². The van der Waals surface area contributed by atoms with E-state index in [1.54, 1.807) is 17.0 Å². The van der Waals surface area contributed by atoms with Gasteiger partial charge in [0.1, 0.15) is 11.9 Å². The Balaban J connectivity index is 1.46. The van der Waals surface area contributed by atoms with Gasteiger partial charge in [0.25, 0.3) is 0 Å². The molecule has 156 valence electrons. The topological polar surface area (TPSA) is 48.1 Å². The molecule has 1 aliphatic heterocycles. The lowest BCUT2D eigenvalue weighted by molar-refractivity contribution is 0.178. The second-order valence-corrected chi connectivity index (χ2v) is 7.90. The molecule has 1 aromatic heterocycles. The smallest absolute Gasteiger partial charge is 0.318 e. The van der Waals surface area contributed by atoms with E-state index in [-0.39, 0.29) is 11.8 Å². The van der Waals surface area contributed by atoms with E-state index in [1.165, 1.54) is 11.6 Å². The molecular weight excluding hydrogens is 389 g/mol. The summed E-state index contributed by atoms with van der Waals surface area (Å²) in [5.74, 6) is -0.305. The number of rotatable bonds is 4. The van der Waals surface area contributed by atoms with Gasteiger partial charge in [-0.15, -0.1) is 0 Å². The van der Waals surface area contributed by atoms with Crippen molar-refractivity contribution in [3.05, 3.63) is 107 Å². The van der Waals surface area contributed by atoms with E-state index in [2.05, 4.69) is 16.4 Å². The van der Waals surface area contributed by atoms with Gasteiger partial charge in [0.15, 0.2) is 0 Å². The van der Waals surface area contributed by atoms with Crippen LogP contribution in [-0.2, 0) is 12.8 Å². The van der Waals surface area contributed by atoms with Crippen LogP contribution < -0.4 is 5.32 Å². The number of aromatic amines is 1. The minimum atomic E-state index is -0.492. The van der Waals surface area contributed by atoms with Crippen molar-refractivity contribution in [1.29, 1.82) is 0 Å². The Kier molecular flexibility index (Phi) is 5.16. The maximum Gasteiger partial charge on any atom is 0.318 e. The summed E-state index contributed by atoms with van der Waals surface area (Å²) in [6.45, 7) is 1.06. The minimum absolute atomic E-state index is 0.173. The number of benzene rings is 3. The molecule has 0 spiro atoms. The summed E-state index contributed by atoms with van der Waals surface area (Å²) in [5.41, 5.74) is 4.76. The highest BCUT2D eigenvalue weighted by Crippen LogP contribution is 2.39. The number of para-hydroxylation sites is 1. The molecule has 1 atom stereocenters. The van der Waals surface area contributed by atoms with Gasteiger partial charge in [-0.3, -0.25) is 0 Å². The van der Waals surface area contributed by atoms with Gasteiger partial charge in [0, 0.05) is 35.2 Å². The van der Waals surface area contributed by atoms with E-state index in [0.29, 0.717) is 18.7 Å². The summed E-state index contributed by atoms with van der Waals surface area (Å²) in [5, 5.41) is 4.18. The number of nitrogens with one attached hydrogen (secondary N) is 2. The largest absolute Gasteiger partial charge is 0.356 e. The van der Waals surface area contributed by atoms with Crippen LogP contribution in [0.1, 0.15) is 28.4 Å². The number of carbonyl (C=O) groups is 1. The molecule has 2 N–H and O–H groups in total. The van der Waals surface area contributed by atoms with Crippen LogP contribution in [0.4, 0.5) is 9.18 Å². The fourth-order valence-corrected chi connectivity index (χ4v) is 4.54. The van der Waals surface area contributed by atoms with Gasteiger partial charge < -0.3 is 15.2 Å². The van der Waals surface area contributed by atoms with Crippen LogP contribution in [0.3, 0.4) is 0 Å². The predicted octanol–water partition coefficient (Wildman–Crippen LogP) is 5.21. The number of urea groups is 1. The third-order valence-electron chi connectivity index (χ3n) is 6.03. The van der Waals surface area contributed by atoms with Crippen molar-refractivity contribution in [1.82, 2.24) is 15.2 Å². The SMILES string of the molecule is O=C(NCCc1ccccc1)N1CCc2c([nH]c3ccccc23)[C@H]1c1ccccc1F. The first kappa shape index (κ1) is 19.4. The van der Waals surface area contributed by atoms with Crippen LogP contribution >= 0.6 is 0 Å². The molecule has 4 aromatic rings. The number of hydrogen-bond acceptors (Lipinski definition) is 1. The second-order valence-electron chi connectivity index (χ2n) is 7.90. The van der Waals surface area contributed by atoms with Gasteiger partial charge in [0.2, 0.25) is 0 Å². The van der Waals surface area contributed by atoms with E-state index < -0.39 is 6.04 Å². The number of halogens is 1. The van der Waals surface area contributed by atoms with Crippen molar-refractivity contribution >= 4 is 16.9 Å². The normalized spacial score (nSPS) is 15.6. The highest BCUT2D eigenvalue weighted by Gasteiger charge is 2.35. The monoisotopic (exact) mass is 413 g/mol. The van der Waals surface area contributed by atoms with Crippen LogP contribution in [0, 0.1) is 5.82 Å². The first-order valence-electron chi connectivity index (χ1n) is 10.6. The summed E-state index contributed by atoms with van der Waals surface area (Å²) in [6.07, 6.45) is 1.48. The summed E-state index contributed by atoms with van der Waals surface area (Å²) in [7, 11) is 0. The lowest BCUT2D eigenvalue weighted by Gasteiger charge is -2.36. The van der Waals surface area contributed by atoms with Gasteiger partial charge in [-0.05, 0) is 36.1 Å². The van der Waals surface area contributed by atoms with Gasteiger partial charge in [0.05, 0.1) is 0 Å². The van der Waals surface area contributed by atoms with Crippen molar-refractivity contribution in [2.24, 2.45) is 0 Å². The lowest BCUT2D eigenvalue weighted by atomic mass is 9.92. The molecule has 0 aliphatic carbocycles. The zero-order valence-electron chi connectivity index (χ0n) is 17.1. The number of aromatic nitrogens is 1. The zero-order valence-corrected chi connectivity index (χ0v) is 17.1. The molecule has 2 heterocycles. The van der Waals surface area contributed by atoms with Gasteiger partial charge >= 0.3 is 6.03 Å². The molecule has 2 amide bonds. The number of amides is 2. The van der Waals surface area contributed by atoms with Crippen molar-refractivity contribution < 1.29 is 9.18 Å². The molecule has 4 nitrogen and oxygen atoms in total. The molecule has 0 radical (unpaired) electrons. The number of carbonyl (C=O) groups excluding carboxylic acids is 1. The zero-order chi connectivity index (χ0) is 21.2. The molecule has 0 bridgehead atoms.